The summed E-state index contributed by atoms with van der Waals surface area (Å²) in [6, 6.07) is 5.86. The van der Waals surface area contributed by atoms with Gasteiger partial charge in [-0.05, 0) is 12.1 Å². The number of hydrogen-bond donors (Lipinski definition) is 2. The Morgan fingerprint density at radius 1 is 1.26 bits per heavy atom. The van der Waals surface area contributed by atoms with Crippen LogP contribution in [0.1, 0.15) is 5.56 Å². The number of anilines is 2. The van der Waals surface area contributed by atoms with Crippen LogP contribution in [0.4, 0.5) is 11.6 Å². The van der Waals surface area contributed by atoms with E-state index in [4.69, 9.17) is 16.6 Å². The van der Waals surface area contributed by atoms with E-state index in [1.807, 2.05) is 30.6 Å². The molecule has 0 radical (unpaired) electrons. The second kappa shape index (κ2) is 5.89. The number of pyridine rings is 1. The summed E-state index contributed by atoms with van der Waals surface area (Å²) in [4.78, 5) is 18.7. The van der Waals surface area contributed by atoms with Crippen LogP contribution in [-0.4, -0.2) is 33.0 Å². The van der Waals surface area contributed by atoms with Crippen molar-refractivity contribution in [3.8, 4) is 11.3 Å². The van der Waals surface area contributed by atoms with Gasteiger partial charge in [-0.2, -0.15) is 0 Å². The van der Waals surface area contributed by atoms with Gasteiger partial charge in [-0.25, -0.2) is 15.0 Å². The first-order chi connectivity index (χ1) is 11.3. The molecule has 0 amide bonds. The van der Waals surface area contributed by atoms with Gasteiger partial charge in [0.2, 0.25) is 0 Å². The Kier molecular flexibility index (Phi) is 3.59. The zero-order valence-electron chi connectivity index (χ0n) is 12.3. The molecule has 0 aromatic carbocycles. The summed E-state index contributed by atoms with van der Waals surface area (Å²) in [5.74, 6) is 1.64. The average Bonchev–Trinajstić information content (AvgIpc) is 3.11. The van der Waals surface area contributed by atoms with Crippen LogP contribution in [0.3, 0.4) is 0 Å². The number of nitrogens with zero attached hydrogens (tertiary/aromatic N) is 4. The molecule has 4 rings (SSSR count). The van der Waals surface area contributed by atoms with Crippen molar-refractivity contribution in [2.45, 2.75) is 6.54 Å². The molecule has 1 aliphatic heterocycles. The molecule has 3 aromatic heterocycles. The van der Waals surface area contributed by atoms with Crippen molar-refractivity contribution in [3.63, 3.8) is 0 Å². The second-order valence-corrected chi connectivity index (χ2v) is 5.69. The molecule has 0 aliphatic carbocycles. The molecule has 3 aromatic rings. The van der Waals surface area contributed by atoms with E-state index in [1.54, 1.807) is 12.4 Å². The number of aromatic nitrogens is 4. The van der Waals surface area contributed by atoms with Crippen molar-refractivity contribution in [1.29, 1.82) is 0 Å². The molecule has 6 nitrogen and oxygen atoms in total. The Bertz CT molecular complexity index is 817. The molecule has 2 N–H and O–H groups in total. The lowest BCUT2D eigenvalue weighted by atomic mass is 10.2. The summed E-state index contributed by atoms with van der Waals surface area (Å²) in [7, 11) is 0. The number of aromatic amines is 1. The van der Waals surface area contributed by atoms with Crippen LogP contribution in [-0.2, 0) is 6.54 Å². The van der Waals surface area contributed by atoms with Crippen molar-refractivity contribution >= 4 is 23.2 Å². The van der Waals surface area contributed by atoms with E-state index in [-0.39, 0.29) is 0 Å². The SMILES string of the molecule is Clc1ncccc1CN1CCNc2ncc(-c3cc[nH]c3)nc21. The van der Waals surface area contributed by atoms with Gasteiger partial charge < -0.3 is 15.2 Å². The third-order valence-electron chi connectivity index (χ3n) is 3.82. The maximum Gasteiger partial charge on any atom is 0.172 e. The minimum Gasteiger partial charge on any atom is -0.367 e. The van der Waals surface area contributed by atoms with Crippen LogP contribution in [0.5, 0.6) is 0 Å². The van der Waals surface area contributed by atoms with E-state index in [1.165, 1.54) is 0 Å². The Labute approximate surface area is 138 Å². The van der Waals surface area contributed by atoms with E-state index >= 15 is 0 Å². The first-order valence-electron chi connectivity index (χ1n) is 7.40. The molecular formula is C16H15ClN6. The molecule has 7 heteroatoms. The Balaban J connectivity index is 1.69. The van der Waals surface area contributed by atoms with Crippen molar-refractivity contribution < 1.29 is 0 Å². The summed E-state index contributed by atoms with van der Waals surface area (Å²) in [5, 5.41) is 3.82. The third-order valence-corrected chi connectivity index (χ3v) is 4.16. The third kappa shape index (κ3) is 2.73. The molecule has 116 valence electrons. The molecule has 0 spiro atoms. The molecule has 0 bridgehead atoms. The fraction of sp³-hybridized carbons (Fsp3) is 0.188. The van der Waals surface area contributed by atoms with E-state index in [2.05, 4.69) is 25.2 Å². The van der Waals surface area contributed by atoms with Crippen LogP contribution in [0, 0.1) is 0 Å². The summed E-state index contributed by atoms with van der Waals surface area (Å²) >= 11 is 6.19. The van der Waals surface area contributed by atoms with Gasteiger partial charge >= 0.3 is 0 Å². The average molecular weight is 327 g/mol. The van der Waals surface area contributed by atoms with Gasteiger partial charge in [0.25, 0.3) is 0 Å². The number of fused-ring (bicyclic) bond motifs is 1. The lowest BCUT2D eigenvalue weighted by molar-refractivity contribution is 0.761. The van der Waals surface area contributed by atoms with Crippen LogP contribution in [0.15, 0.2) is 43.0 Å². The van der Waals surface area contributed by atoms with E-state index in [0.29, 0.717) is 11.7 Å². The molecule has 0 unspecified atom stereocenters. The Hall–Kier alpha value is -2.60. The maximum absolute atomic E-state index is 6.19. The maximum atomic E-state index is 6.19. The lowest BCUT2D eigenvalue weighted by Crippen LogP contribution is -2.35. The molecule has 4 heterocycles. The smallest absolute Gasteiger partial charge is 0.172 e. The molecular weight excluding hydrogens is 312 g/mol. The van der Waals surface area contributed by atoms with Gasteiger partial charge in [0.05, 0.1) is 11.9 Å². The molecule has 0 fully saturated rings. The number of rotatable bonds is 3. The topological polar surface area (TPSA) is 69.7 Å². The highest BCUT2D eigenvalue weighted by atomic mass is 35.5. The van der Waals surface area contributed by atoms with E-state index in [9.17, 15) is 0 Å². The first kappa shape index (κ1) is 14.0. The van der Waals surface area contributed by atoms with Crippen molar-refractivity contribution in [3.05, 3.63) is 53.7 Å². The molecule has 0 saturated carbocycles. The zero-order valence-corrected chi connectivity index (χ0v) is 13.1. The second-order valence-electron chi connectivity index (χ2n) is 5.33. The van der Waals surface area contributed by atoms with Crippen LogP contribution in [0.2, 0.25) is 5.15 Å². The number of nitrogens with one attached hydrogen (secondary N) is 2. The van der Waals surface area contributed by atoms with Crippen molar-refractivity contribution in [1.82, 2.24) is 19.9 Å². The Morgan fingerprint density at radius 2 is 2.22 bits per heavy atom. The summed E-state index contributed by atoms with van der Waals surface area (Å²) in [6.07, 6.45) is 7.27. The minimum atomic E-state index is 0.530. The fourth-order valence-corrected chi connectivity index (χ4v) is 2.84. The van der Waals surface area contributed by atoms with Gasteiger partial charge in [-0.15, -0.1) is 0 Å². The molecule has 23 heavy (non-hydrogen) atoms. The highest BCUT2D eigenvalue weighted by molar-refractivity contribution is 6.30. The Morgan fingerprint density at radius 3 is 3.04 bits per heavy atom. The highest BCUT2D eigenvalue weighted by Crippen LogP contribution is 2.29. The number of hydrogen-bond acceptors (Lipinski definition) is 5. The lowest BCUT2D eigenvalue weighted by Gasteiger charge is -2.30. The summed E-state index contributed by atoms with van der Waals surface area (Å²) < 4.78 is 0. The molecule has 0 saturated heterocycles. The van der Waals surface area contributed by atoms with Gasteiger partial charge in [0, 0.05) is 49.4 Å². The predicted molar refractivity (Wildman–Crippen MR) is 90.6 cm³/mol. The van der Waals surface area contributed by atoms with Gasteiger partial charge in [0.1, 0.15) is 5.15 Å². The first-order valence-corrected chi connectivity index (χ1v) is 7.77. The van der Waals surface area contributed by atoms with Gasteiger partial charge in [-0.1, -0.05) is 17.7 Å². The van der Waals surface area contributed by atoms with Crippen molar-refractivity contribution in [2.24, 2.45) is 0 Å². The quantitative estimate of drug-likeness (QED) is 0.724. The van der Waals surface area contributed by atoms with E-state index in [0.717, 1.165) is 41.5 Å². The standard InChI is InChI=1S/C16H15ClN6/c17-14-12(2-1-4-19-14)10-23-7-6-20-15-16(23)22-13(9-21-15)11-3-5-18-8-11/h1-5,8-9,18H,6-7,10H2,(H,20,21). The van der Waals surface area contributed by atoms with Crippen LogP contribution >= 0.6 is 11.6 Å². The summed E-state index contributed by atoms with van der Waals surface area (Å²) in [5.41, 5.74) is 2.84. The predicted octanol–water partition coefficient (Wildman–Crippen LogP) is 2.95. The van der Waals surface area contributed by atoms with Crippen LogP contribution in [0.25, 0.3) is 11.3 Å². The fourth-order valence-electron chi connectivity index (χ4n) is 2.66. The van der Waals surface area contributed by atoms with Gasteiger partial charge in [0.15, 0.2) is 11.6 Å². The molecule has 0 atom stereocenters. The normalized spacial score (nSPS) is 13.5. The minimum absolute atomic E-state index is 0.530. The summed E-state index contributed by atoms with van der Waals surface area (Å²) in [6.45, 7) is 2.32. The zero-order chi connectivity index (χ0) is 15.6. The van der Waals surface area contributed by atoms with E-state index < -0.39 is 0 Å². The highest BCUT2D eigenvalue weighted by Gasteiger charge is 2.21. The van der Waals surface area contributed by atoms with Gasteiger partial charge in [-0.3, -0.25) is 0 Å². The number of H-pyrrole nitrogens is 1. The number of halogens is 1. The molecule has 1 aliphatic rings. The van der Waals surface area contributed by atoms with Crippen LogP contribution < -0.4 is 10.2 Å². The largest absolute Gasteiger partial charge is 0.367 e. The monoisotopic (exact) mass is 326 g/mol. The van der Waals surface area contributed by atoms with Crippen molar-refractivity contribution in [2.75, 3.05) is 23.3 Å².